The summed E-state index contributed by atoms with van der Waals surface area (Å²) in [6, 6.07) is 0. The molecule has 0 N–H and O–H groups in total. The van der Waals surface area contributed by atoms with E-state index < -0.39 is 0 Å². The molecule has 0 aliphatic carbocycles. The molecule has 0 fully saturated rings. The molecule has 0 aromatic carbocycles. The van der Waals surface area contributed by atoms with Crippen LogP contribution < -0.4 is 0 Å². The van der Waals surface area contributed by atoms with E-state index in [4.69, 9.17) is 9.30 Å². The van der Waals surface area contributed by atoms with Gasteiger partial charge in [-0.05, 0) is 0 Å². The molecule has 0 unspecified atom stereocenters. The first-order valence-electron chi connectivity index (χ1n) is 0.408. The quantitative estimate of drug-likeness (QED) is 0.268. The maximum absolute atomic E-state index is 7.50. The summed E-state index contributed by atoms with van der Waals surface area (Å²) in [6.07, 6.45) is 0. The predicted molar refractivity (Wildman–Crippen MR) is 7.86 cm³/mol. The Labute approximate surface area is 42.8 Å². The Morgan fingerprint density at radius 2 is 0.800 bits per heavy atom. The van der Waals surface area contributed by atoms with Crippen LogP contribution in [0.2, 0.25) is 0 Å². The smallest absolute Gasteiger partial charge is 4.00 e. The third-order valence-corrected chi connectivity index (χ3v) is 0. The first kappa shape index (κ1) is 19.4. The van der Waals surface area contributed by atoms with Crippen molar-refractivity contribution in [1.82, 2.24) is 0 Å². The van der Waals surface area contributed by atoms with Crippen molar-refractivity contribution >= 4 is 0 Å². The molecule has 0 radical (unpaired) electrons. The molecule has 0 atom stereocenters. The van der Waals surface area contributed by atoms with E-state index in [2.05, 4.69) is 13.3 Å². The second-order valence-electron chi connectivity index (χ2n) is 0. The third-order valence-electron chi connectivity index (χ3n) is 0. The molecule has 0 heterocycles. The molecule has 2 nitrogen and oxygen atoms in total. The molecule has 0 aromatic rings. The second-order valence-corrected chi connectivity index (χ2v) is 0. The van der Waals surface area contributed by atoms with Crippen LogP contribution >= 0.6 is 0 Å². The van der Waals surface area contributed by atoms with Crippen LogP contribution in [-0.2, 0) is 28.8 Å². The van der Waals surface area contributed by atoms with Crippen LogP contribution in [0.3, 0.4) is 0 Å². The van der Waals surface area contributed by atoms with Crippen molar-refractivity contribution < 1.29 is 28.8 Å². The zero-order chi connectivity index (χ0) is 4.00. The molecule has 24 valence electrons. The summed E-state index contributed by atoms with van der Waals surface area (Å²) < 4.78 is 15.0. The average Bonchev–Trinajstić information content (AvgIpc) is 1.50. The molecule has 0 spiro atoms. The summed E-state index contributed by atoms with van der Waals surface area (Å²) >= 11 is 0. The van der Waals surface area contributed by atoms with E-state index in [9.17, 15) is 0 Å². The van der Waals surface area contributed by atoms with Crippen molar-refractivity contribution in [2.24, 2.45) is 0 Å². The zero-order valence-corrected chi connectivity index (χ0v) is 3.91. The fourth-order valence-corrected chi connectivity index (χ4v) is 0. The van der Waals surface area contributed by atoms with E-state index in [0.29, 0.717) is 0 Å². The minimum atomic E-state index is 0. The molecule has 0 bridgehead atoms. The van der Waals surface area contributed by atoms with Crippen LogP contribution in [0.1, 0.15) is 0 Å². The molecular weight excluding hydrogens is 157 g/mol. The molecule has 0 aliphatic heterocycles. The molecule has 5 heavy (non-hydrogen) atoms. The van der Waals surface area contributed by atoms with Crippen LogP contribution in [0.25, 0.3) is 0 Å². The van der Waals surface area contributed by atoms with Gasteiger partial charge in [0.15, 0.2) is 0 Å². The summed E-state index contributed by atoms with van der Waals surface area (Å²) in [7, 11) is 0. The van der Waals surface area contributed by atoms with Gasteiger partial charge in [0.1, 0.15) is 0 Å². The van der Waals surface area contributed by atoms with Gasteiger partial charge < -0.3 is 0 Å². The number of hydrogen-bond donors (Lipinski definition) is 0. The molecular formula is C2O2Ru+4. The molecule has 0 aliphatic rings. The largest absolute Gasteiger partial charge is 4.00 e. The van der Waals surface area contributed by atoms with E-state index in [0.717, 1.165) is 0 Å². The summed E-state index contributed by atoms with van der Waals surface area (Å²) in [4.78, 5) is 0. The van der Waals surface area contributed by atoms with Gasteiger partial charge >= 0.3 is 42.1 Å². The van der Waals surface area contributed by atoms with Gasteiger partial charge in [-0.25, -0.2) is 0 Å². The molecule has 0 saturated heterocycles. The van der Waals surface area contributed by atoms with E-state index in [1.807, 2.05) is 0 Å². The molecule has 0 amide bonds. The molecule has 3 heteroatoms. The molecule has 0 rings (SSSR count). The average molecular weight is 157 g/mol. The minimum absolute atomic E-state index is 0. The Balaban J connectivity index is -0.0000000133. The van der Waals surface area contributed by atoms with E-state index in [-0.39, 0.29) is 19.5 Å². The fourth-order valence-electron chi connectivity index (χ4n) is 0. The van der Waals surface area contributed by atoms with E-state index in [1.54, 1.807) is 0 Å². The topological polar surface area (TPSA) is 39.8 Å². The SMILES string of the molecule is [C-]#[O+].[C-]#[O+].[Ru+4]. The van der Waals surface area contributed by atoms with Crippen LogP contribution in [0.15, 0.2) is 0 Å². The van der Waals surface area contributed by atoms with Gasteiger partial charge in [0.2, 0.25) is 0 Å². The van der Waals surface area contributed by atoms with Crippen molar-refractivity contribution in [3.05, 3.63) is 13.3 Å². The Bertz CT molecular complexity index is 23.1. The summed E-state index contributed by atoms with van der Waals surface area (Å²) in [5, 5.41) is 0. The maximum Gasteiger partial charge on any atom is 4.00 e. The normalized spacial score (nSPS) is 0.800. The molecule has 0 aromatic heterocycles. The zero-order valence-electron chi connectivity index (χ0n) is 2.17. The van der Waals surface area contributed by atoms with Gasteiger partial charge in [-0.1, -0.05) is 0 Å². The standard InChI is InChI=1S/2CO.Ru/c2*1-2;/q;;+4. The minimum Gasteiger partial charge on any atom is 4.00 e. The second kappa shape index (κ2) is 3700. The number of rotatable bonds is 0. The third kappa shape index (κ3) is 1700. The summed E-state index contributed by atoms with van der Waals surface area (Å²) in [5.41, 5.74) is 0. The fraction of sp³-hybridized carbons (Fsp3) is 0. The van der Waals surface area contributed by atoms with Gasteiger partial charge in [-0.15, -0.1) is 0 Å². The van der Waals surface area contributed by atoms with Crippen molar-refractivity contribution in [3.8, 4) is 0 Å². The van der Waals surface area contributed by atoms with Gasteiger partial charge in [0.25, 0.3) is 0 Å². The first-order chi connectivity index (χ1) is 2.00. The van der Waals surface area contributed by atoms with Crippen LogP contribution in [0.4, 0.5) is 0 Å². The van der Waals surface area contributed by atoms with E-state index in [1.165, 1.54) is 0 Å². The Morgan fingerprint density at radius 1 is 0.800 bits per heavy atom. The van der Waals surface area contributed by atoms with Crippen LogP contribution in [-0.4, -0.2) is 0 Å². The van der Waals surface area contributed by atoms with Gasteiger partial charge in [-0.2, -0.15) is 0 Å². The Hall–Kier alpha value is 0.103. The van der Waals surface area contributed by atoms with Gasteiger partial charge in [0.05, 0.1) is 0 Å². The van der Waals surface area contributed by atoms with Gasteiger partial charge in [0, 0.05) is 0 Å². The summed E-state index contributed by atoms with van der Waals surface area (Å²) in [5.74, 6) is 0. The van der Waals surface area contributed by atoms with Crippen molar-refractivity contribution in [2.45, 2.75) is 0 Å². The monoisotopic (exact) mass is 158 g/mol. The Morgan fingerprint density at radius 3 is 0.800 bits per heavy atom. The van der Waals surface area contributed by atoms with Crippen molar-refractivity contribution in [1.29, 1.82) is 0 Å². The molecule has 0 saturated carbocycles. The first-order valence-corrected chi connectivity index (χ1v) is 0.408. The maximum atomic E-state index is 7.50. The predicted octanol–water partition coefficient (Wildman–Crippen LogP) is -0.0775. The van der Waals surface area contributed by atoms with Gasteiger partial charge in [-0.3, -0.25) is 0 Å². The van der Waals surface area contributed by atoms with Crippen LogP contribution in [0, 0.1) is 13.3 Å². The Kier molecular flexibility index (Phi) is 14400. The van der Waals surface area contributed by atoms with Crippen molar-refractivity contribution in [3.63, 3.8) is 0 Å². The summed E-state index contributed by atoms with van der Waals surface area (Å²) in [6.45, 7) is 9.00. The van der Waals surface area contributed by atoms with Crippen molar-refractivity contribution in [2.75, 3.05) is 0 Å². The van der Waals surface area contributed by atoms with E-state index >= 15 is 0 Å². The van der Waals surface area contributed by atoms with Crippen LogP contribution in [0.5, 0.6) is 0 Å². The number of hydrogen-bond acceptors (Lipinski definition) is 0.